The molecule has 0 saturated heterocycles. The van der Waals surface area contributed by atoms with E-state index in [2.05, 4.69) is 89.4 Å². The Balaban J connectivity index is 1.53. The molecule has 0 radical (unpaired) electrons. The number of nitrogens with zero attached hydrogens (tertiary/aromatic N) is 3. The Kier molecular flexibility index (Phi) is 5.50. The second-order valence-electron chi connectivity index (χ2n) is 7.15. The van der Waals surface area contributed by atoms with Crippen LogP contribution in [0.4, 0.5) is 0 Å². The molecule has 27 heavy (non-hydrogen) atoms. The molecule has 138 valence electrons. The molecule has 3 nitrogen and oxygen atoms in total. The van der Waals surface area contributed by atoms with Crippen LogP contribution in [0.1, 0.15) is 36.6 Å². The van der Waals surface area contributed by atoms with Crippen molar-refractivity contribution in [3.63, 3.8) is 0 Å². The number of fused-ring (bicyclic) bond motifs is 1. The van der Waals surface area contributed by atoms with E-state index in [9.17, 15) is 0 Å². The predicted molar refractivity (Wildman–Crippen MR) is 112 cm³/mol. The summed E-state index contributed by atoms with van der Waals surface area (Å²) in [5, 5.41) is 4.70. The van der Waals surface area contributed by atoms with Crippen LogP contribution in [0.15, 0.2) is 72.9 Å². The maximum absolute atomic E-state index is 4.70. The van der Waals surface area contributed by atoms with E-state index >= 15 is 0 Å². The first-order chi connectivity index (χ1) is 13.3. The molecule has 0 amide bonds. The highest BCUT2D eigenvalue weighted by atomic mass is 15.3. The van der Waals surface area contributed by atoms with Gasteiger partial charge in [0.05, 0.1) is 17.6 Å². The molecule has 0 unspecified atom stereocenters. The van der Waals surface area contributed by atoms with E-state index in [0.717, 1.165) is 38.2 Å². The summed E-state index contributed by atoms with van der Waals surface area (Å²) in [5.74, 6) is 0. The molecule has 3 aromatic rings. The smallest absolute Gasteiger partial charge is 0.0649 e. The Morgan fingerprint density at radius 2 is 1.74 bits per heavy atom. The summed E-state index contributed by atoms with van der Waals surface area (Å²) < 4.78 is 2.11. The van der Waals surface area contributed by atoms with E-state index in [1.165, 1.54) is 28.8 Å². The first-order valence-electron chi connectivity index (χ1n) is 9.93. The van der Waals surface area contributed by atoms with Crippen molar-refractivity contribution in [3.05, 3.63) is 89.8 Å². The van der Waals surface area contributed by atoms with Gasteiger partial charge in [0.2, 0.25) is 0 Å². The topological polar surface area (TPSA) is 21.1 Å². The molecule has 0 N–H and O–H groups in total. The summed E-state index contributed by atoms with van der Waals surface area (Å²) >= 11 is 0. The summed E-state index contributed by atoms with van der Waals surface area (Å²) in [6, 6.07) is 21.2. The van der Waals surface area contributed by atoms with Gasteiger partial charge in [-0.05, 0) is 49.1 Å². The molecule has 2 aromatic carbocycles. The molecule has 0 atom stereocenters. The minimum atomic E-state index is 0.983. The average Bonchev–Trinajstić information content (AvgIpc) is 3.17. The zero-order valence-corrected chi connectivity index (χ0v) is 16.0. The fourth-order valence-corrected chi connectivity index (χ4v) is 3.85. The molecular formula is C24H27N3. The first kappa shape index (κ1) is 17.7. The van der Waals surface area contributed by atoms with Gasteiger partial charge >= 0.3 is 0 Å². The van der Waals surface area contributed by atoms with Gasteiger partial charge in [-0.2, -0.15) is 5.10 Å². The zero-order chi connectivity index (χ0) is 18.5. The van der Waals surface area contributed by atoms with E-state index in [-0.39, 0.29) is 0 Å². The highest BCUT2D eigenvalue weighted by Gasteiger charge is 2.20. The van der Waals surface area contributed by atoms with Crippen LogP contribution in [0.5, 0.6) is 0 Å². The molecule has 1 aliphatic carbocycles. The zero-order valence-electron chi connectivity index (χ0n) is 16.0. The molecule has 1 aliphatic rings. The Morgan fingerprint density at radius 3 is 2.48 bits per heavy atom. The van der Waals surface area contributed by atoms with Crippen LogP contribution < -0.4 is 0 Å². The van der Waals surface area contributed by atoms with Gasteiger partial charge in [0.1, 0.15) is 0 Å². The van der Waals surface area contributed by atoms with Crippen LogP contribution in [0, 0.1) is 0 Å². The van der Waals surface area contributed by atoms with Crippen molar-refractivity contribution in [1.82, 2.24) is 14.7 Å². The number of hydrogen-bond donors (Lipinski definition) is 0. The minimum Gasteiger partial charge on any atom is -0.296 e. The minimum absolute atomic E-state index is 0.983. The second kappa shape index (κ2) is 8.36. The van der Waals surface area contributed by atoms with Gasteiger partial charge in [0.15, 0.2) is 0 Å². The maximum atomic E-state index is 4.70. The molecular weight excluding hydrogens is 330 g/mol. The molecule has 0 saturated carbocycles. The summed E-state index contributed by atoms with van der Waals surface area (Å²) in [5.41, 5.74) is 6.66. The van der Waals surface area contributed by atoms with E-state index in [1.54, 1.807) is 0 Å². The Labute approximate surface area is 162 Å². The fraction of sp³-hybridized carbons (Fsp3) is 0.292. The number of benzene rings is 2. The Morgan fingerprint density at radius 1 is 1.00 bits per heavy atom. The highest BCUT2D eigenvalue weighted by Crippen LogP contribution is 2.32. The monoisotopic (exact) mass is 357 g/mol. The third-order valence-corrected chi connectivity index (χ3v) is 5.37. The number of rotatable bonds is 6. The number of allylic oxidation sites excluding steroid dienone is 1. The number of aromatic nitrogens is 2. The van der Waals surface area contributed by atoms with Crippen molar-refractivity contribution in [2.45, 2.75) is 32.7 Å². The molecule has 0 fully saturated rings. The third-order valence-electron chi connectivity index (χ3n) is 5.37. The van der Waals surface area contributed by atoms with E-state index < -0.39 is 0 Å². The number of hydrogen-bond acceptors (Lipinski definition) is 2. The predicted octanol–water partition coefficient (Wildman–Crippen LogP) is 5.11. The van der Waals surface area contributed by atoms with Crippen molar-refractivity contribution in [1.29, 1.82) is 0 Å². The summed E-state index contributed by atoms with van der Waals surface area (Å²) in [6.07, 6.45) is 7.92. The summed E-state index contributed by atoms with van der Waals surface area (Å²) in [7, 11) is 0. The lowest BCUT2D eigenvalue weighted by Crippen LogP contribution is -2.23. The Hall–Kier alpha value is -2.65. The maximum Gasteiger partial charge on any atom is 0.0649 e. The van der Waals surface area contributed by atoms with E-state index in [0.29, 0.717) is 0 Å². The quantitative estimate of drug-likeness (QED) is 0.611. The lowest BCUT2D eigenvalue weighted by atomic mass is 9.92. The lowest BCUT2D eigenvalue weighted by Gasteiger charge is -2.21. The largest absolute Gasteiger partial charge is 0.296 e. The molecule has 1 aromatic heterocycles. The third kappa shape index (κ3) is 4.04. The van der Waals surface area contributed by atoms with Gasteiger partial charge < -0.3 is 0 Å². The van der Waals surface area contributed by atoms with Crippen LogP contribution in [0.2, 0.25) is 0 Å². The molecule has 3 heteroatoms. The molecule has 4 rings (SSSR count). The standard InChI is InChI=1S/C24H27N3/c1-2-26(19-20-10-5-3-6-11-20)17-16-21-12-9-15-24-23(21)18-25-27(24)22-13-7-4-8-14-22/h3-8,10-11,13-14,16,18H,2,9,12,15,17,19H2,1H3. The van der Waals surface area contributed by atoms with Crippen LogP contribution >= 0.6 is 0 Å². The normalized spacial score (nSPS) is 15.3. The van der Waals surface area contributed by atoms with Gasteiger partial charge in [-0.25, -0.2) is 4.68 Å². The lowest BCUT2D eigenvalue weighted by molar-refractivity contribution is 0.311. The fourth-order valence-electron chi connectivity index (χ4n) is 3.85. The van der Waals surface area contributed by atoms with E-state index in [4.69, 9.17) is 5.10 Å². The van der Waals surface area contributed by atoms with Crippen molar-refractivity contribution >= 4 is 5.57 Å². The van der Waals surface area contributed by atoms with Gasteiger partial charge in [-0.15, -0.1) is 0 Å². The van der Waals surface area contributed by atoms with Crippen molar-refractivity contribution in [3.8, 4) is 5.69 Å². The van der Waals surface area contributed by atoms with Crippen LogP contribution in [-0.2, 0) is 13.0 Å². The molecule has 0 aliphatic heterocycles. The van der Waals surface area contributed by atoms with E-state index in [1.807, 2.05) is 0 Å². The average molecular weight is 358 g/mol. The van der Waals surface area contributed by atoms with Gasteiger partial charge in [-0.3, -0.25) is 4.90 Å². The van der Waals surface area contributed by atoms with Gasteiger partial charge in [0, 0.05) is 18.7 Å². The molecule has 0 spiro atoms. The van der Waals surface area contributed by atoms with Crippen LogP contribution in [0.25, 0.3) is 11.3 Å². The summed E-state index contributed by atoms with van der Waals surface area (Å²) in [6.45, 7) is 5.27. The summed E-state index contributed by atoms with van der Waals surface area (Å²) in [4.78, 5) is 2.48. The second-order valence-corrected chi connectivity index (χ2v) is 7.15. The number of likely N-dealkylation sites (N-methyl/N-ethyl adjacent to an activating group) is 1. The number of para-hydroxylation sites is 1. The van der Waals surface area contributed by atoms with Crippen LogP contribution in [-0.4, -0.2) is 27.8 Å². The molecule has 1 heterocycles. The Bertz CT molecular complexity index is 894. The van der Waals surface area contributed by atoms with Gasteiger partial charge in [0.25, 0.3) is 0 Å². The first-order valence-corrected chi connectivity index (χ1v) is 9.93. The van der Waals surface area contributed by atoms with Crippen molar-refractivity contribution in [2.75, 3.05) is 13.1 Å². The molecule has 0 bridgehead atoms. The highest BCUT2D eigenvalue weighted by molar-refractivity contribution is 5.69. The van der Waals surface area contributed by atoms with Crippen molar-refractivity contribution in [2.24, 2.45) is 0 Å². The SMILES string of the molecule is CCN(CC=C1CCCc2c1cnn2-c1ccccc1)Cc1ccccc1. The van der Waals surface area contributed by atoms with Crippen LogP contribution in [0.3, 0.4) is 0 Å². The van der Waals surface area contributed by atoms with Gasteiger partial charge in [-0.1, -0.05) is 61.5 Å². The van der Waals surface area contributed by atoms with Crippen molar-refractivity contribution < 1.29 is 0 Å².